The molecule has 0 aromatic heterocycles. The second-order valence-corrected chi connectivity index (χ2v) is 6.00. The number of ether oxygens (including phenoxy) is 1. The van der Waals surface area contributed by atoms with Gasteiger partial charge in [0.05, 0.1) is 23.2 Å². The first kappa shape index (κ1) is 19.2. The van der Waals surface area contributed by atoms with Crippen LogP contribution in [-0.2, 0) is 9.53 Å². The highest BCUT2D eigenvalue weighted by Gasteiger charge is 2.22. The van der Waals surface area contributed by atoms with Gasteiger partial charge in [0, 0.05) is 0 Å². The van der Waals surface area contributed by atoms with Crippen LogP contribution in [-0.4, -0.2) is 18.0 Å². The van der Waals surface area contributed by atoms with Crippen LogP contribution in [0.4, 0.5) is 0 Å². The molecule has 2 unspecified atom stereocenters. The average Bonchev–Trinajstić information content (AvgIpc) is 2.68. The summed E-state index contributed by atoms with van der Waals surface area (Å²) in [6.45, 7) is 3.60. The van der Waals surface area contributed by atoms with Gasteiger partial charge in [0.15, 0.2) is 6.10 Å². The van der Waals surface area contributed by atoms with E-state index in [9.17, 15) is 9.59 Å². The van der Waals surface area contributed by atoms with Gasteiger partial charge in [-0.25, -0.2) is 4.79 Å². The lowest BCUT2D eigenvalue weighted by Crippen LogP contribution is -2.38. The molecule has 0 aliphatic heterocycles. The Morgan fingerprint density at radius 1 is 1.12 bits per heavy atom. The number of hydrogen-bond acceptors (Lipinski definition) is 4. The van der Waals surface area contributed by atoms with Crippen molar-refractivity contribution in [1.29, 1.82) is 5.26 Å². The van der Waals surface area contributed by atoms with Crippen LogP contribution in [0.3, 0.4) is 0 Å². The maximum Gasteiger partial charge on any atom is 0.338 e. The number of nitrogens with zero attached hydrogens (tertiary/aromatic N) is 1. The van der Waals surface area contributed by atoms with Gasteiger partial charge in [-0.2, -0.15) is 5.26 Å². The molecule has 0 radical (unpaired) electrons. The van der Waals surface area contributed by atoms with E-state index < -0.39 is 12.1 Å². The van der Waals surface area contributed by atoms with Crippen molar-refractivity contribution in [1.82, 2.24) is 5.32 Å². The Morgan fingerprint density at radius 2 is 1.77 bits per heavy atom. The fourth-order valence-corrected chi connectivity index (χ4v) is 2.55. The van der Waals surface area contributed by atoms with Crippen LogP contribution in [0.15, 0.2) is 54.6 Å². The number of carbonyl (C=O) groups excluding carboxylic acids is 2. The van der Waals surface area contributed by atoms with Crippen molar-refractivity contribution in [3.05, 3.63) is 71.3 Å². The SMILES string of the molecule is CCCC(NC(=O)C(C)OC(=O)c1ccc(C#N)cc1)c1ccccc1. The second-order valence-electron chi connectivity index (χ2n) is 6.00. The van der Waals surface area contributed by atoms with E-state index in [1.807, 2.05) is 36.4 Å². The van der Waals surface area contributed by atoms with Crippen molar-refractivity contribution in [3.63, 3.8) is 0 Å². The highest BCUT2D eigenvalue weighted by Crippen LogP contribution is 2.18. The van der Waals surface area contributed by atoms with Crippen LogP contribution in [0.2, 0.25) is 0 Å². The molecule has 5 heteroatoms. The number of nitriles is 1. The highest BCUT2D eigenvalue weighted by atomic mass is 16.5. The van der Waals surface area contributed by atoms with E-state index in [1.54, 1.807) is 6.92 Å². The van der Waals surface area contributed by atoms with Crippen molar-refractivity contribution < 1.29 is 14.3 Å². The first-order valence-electron chi connectivity index (χ1n) is 8.61. The lowest BCUT2D eigenvalue weighted by atomic mass is 10.0. The zero-order chi connectivity index (χ0) is 18.9. The Morgan fingerprint density at radius 3 is 2.35 bits per heavy atom. The molecule has 2 aromatic carbocycles. The summed E-state index contributed by atoms with van der Waals surface area (Å²) in [4.78, 5) is 24.6. The molecule has 0 saturated carbocycles. The fourth-order valence-electron chi connectivity index (χ4n) is 2.55. The molecule has 0 spiro atoms. The molecule has 0 aliphatic rings. The summed E-state index contributed by atoms with van der Waals surface area (Å²) in [5.74, 6) is -0.932. The van der Waals surface area contributed by atoms with Gasteiger partial charge < -0.3 is 10.1 Å². The van der Waals surface area contributed by atoms with Gasteiger partial charge in [0.2, 0.25) is 0 Å². The van der Waals surface area contributed by atoms with E-state index in [0.29, 0.717) is 11.1 Å². The number of amides is 1. The van der Waals surface area contributed by atoms with Gasteiger partial charge in [0.25, 0.3) is 5.91 Å². The number of rotatable bonds is 7. The summed E-state index contributed by atoms with van der Waals surface area (Å²) in [5, 5.41) is 11.7. The topological polar surface area (TPSA) is 79.2 Å². The van der Waals surface area contributed by atoms with E-state index in [4.69, 9.17) is 10.00 Å². The maximum absolute atomic E-state index is 12.4. The van der Waals surface area contributed by atoms with Crippen molar-refractivity contribution in [2.75, 3.05) is 0 Å². The van der Waals surface area contributed by atoms with E-state index in [1.165, 1.54) is 24.3 Å². The van der Waals surface area contributed by atoms with Gasteiger partial charge >= 0.3 is 5.97 Å². The van der Waals surface area contributed by atoms with Crippen molar-refractivity contribution in [2.45, 2.75) is 38.8 Å². The molecule has 0 aliphatic carbocycles. The minimum Gasteiger partial charge on any atom is -0.449 e. The molecule has 134 valence electrons. The minimum atomic E-state index is -0.916. The van der Waals surface area contributed by atoms with Crippen LogP contribution in [0, 0.1) is 11.3 Å². The number of nitrogens with one attached hydrogen (secondary N) is 1. The first-order chi connectivity index (χ1) is 12.5. The molecule has 26 heavy (non-hydrogen) atoms. The standard InChI is InChI=1S/C21H22N2O3/c1-3-7-19(17-8-5-4-6-9-17)23-20(24)15(2)26-21(25)18-12-10-16(14-22)11-13-18/h4-6,8-13,15,19H,3,7H2,1-2H3,(H,23,24). The summed E-state index contributed by atoms with van der Waals surface area (Å²) < 4.78 is 5.25. The summed E-state index contributed by atoms with van der Waals surface area (Å²) >= 11 is 0. The van der Waals surface area contributed by atoms with E-state index in [0.717, 1.165) is 18.4 Å². The highest BCUT2D eigenvalue weighted by molar-refractivity contribution is 5.92. The lowest BCUT2D eigenvalue weighted by molar-refractivity contribution is -0.129. The van der Waals surface area contributed by atoms with Gasteiger partial charge in [-0.3, -0.25) is 4.79 Å². The number of esters is 1. The van der Waals surface area contributed by atoms with E-state index in [2.05, 4.69) is 12.2 Å². The van der Waals surface area contributed by atoms with Gasteiger partial charge in [-0.15, -0.1) is 0 Å². The second kappa shape index (κ2) is 9.38. The minimum absolute atomic E-state index is 0.121. The van der Waals surface area contributed by atoms with Crippen LogP contribution in [0.1, 0.15) is 54.2 Å². The van der Waals surface area contributed by atoms with E-state index in [-0.39, 0.29) is 11.9 Å². The van der Waals surface area contributed by atoms with Crippen LogP contribution < -0.4 is 5.32 Å². The molecule has 2 rings (SSSR count). The zero-order valence-corrected chi connectivity index (χ0v) is 14.9. The molecule has 0 fully saturated rings. The Labute approximate surface area is 153 Å². The fraction of sp³-hybridized carbons (Fsp3) is 0.286. The first-order valence-corrected chi connectivity index (χ1v) is 8.61. The van der Waals surface area contributed by atoms with E-state index >= 15 is 0 Å². The molecular weight excluding hydrogens is 328 g/mol. The summed E-state index contributed by atoms with van der Waals surface area (Å²) in [6.07, 6.45) is 0.798. The molecule has 2 atom stereocenters. The third-order valence-electron chi connectivity index (χ3n) is 4.00. The van der Waals surface area contributed by atoms with Crippen molar-refractivity contribution >= 4 is 11.9 Å². The number of carbonyl (C=O) groups is 2. The lowest BCUT2D eigenvalue weighted by Gasteiger charge is -2.21. The quantitative estimate of drug-likeness (QED) is 0.771. The van der Waals surface area contributed by atoms with Crippen LogP contribution in [0.5, 0.6) is 0 Å². The Balaban J connectivity index is 1.99. The molecular formula is C21H22N2O3. The third-order valence-corrected chi connectivity index (χ3v) is 4.00. The Bertz CT molecular complexity index is 779. The van der Waals surface area contributed by atoms with Crippen LogP contribution in [0.25, 0.3) is 0 Å². The van der Waals surface area contributed by atoms with Crippen molar-refractivity contribution in [3.8, 4) is 6.07 Å². The molecule has 0 heterocycles. The van der Waals surface area contributed by atoms with Crippen LogP contribution >= 0.6 is 0 Å². The molecule has 1 N–H and O–H groups in total. The summed E-state index contributed by atoms with van der Waals surface area (Å²) in [5.41, 5.74) is 1.78. The Hall–Kier alpha value is -3.13. The predicted octanol–water partition coefficient (Wildman–Crippen LogP) is 3.76. The van der Waals surface area contributed by atoms with Crippen molar-refractivity contribution in [2.24, 2.45) is 0 Å². The normalized spacial score (nSPS) is 12.5. The zero-order valence-electron chi connectivity index (χ0n) is 14.9. The summed E-state index contributed by atoms with van der Waals surface area (Å²) in [7, 11) is 0. The van der Waals surface area contributed by atoms with Gasteiger partial charge in [-0.05, 0) is 43.2 Å². The molecule has 0 saturated heterocycles. The smallest absolute Gasteiger partial charge is 0.338 e. The predicted molar refractivity (Wildman–Crippen MR) is 98.3 cm³/mol. The molecule has 2 aromatic rings. The van der Waals surface area contributed by atoms with Gasteiger partial charge in [-0.1, -0.05) is 43.7 Å². The number of benzene rings is 2. The maximum atomic E-state index is 12.4. The third kappa shape index (κ3) is 5.18. The molecule has 1 amide bonds. The number of hydrogen-bond donors (Lipinski definition) is 1. The monoisotopic (exact) mass is 350 g/mol. The van der Waals surface area contributed by atoms with Gasteiger partial charge in [0.1, 0.15) is 0 Å². The average molecular weight is 350 g/mol. The molecule has 5 nitrogen and oxygen atoms in total. The Kier molecular flexibility index (Phi) is 6.92. The molecule has 0 bridgehead atoms. The summed E-state index contributed by atoms with van der Waals surface area (Å²) in [6, 6.07) is 17.7. The largest absolute Gasteiger partial charge is 0.449 e.